The molecule has 5 aliphatic rings. The number of ether oxygens (including phenoxy) is 9. The molecule has 89 heavy (non-hydrogen) atoms. The number of unbranched alkanes of at least 4 members (excludes halogenated alkanes) is 9. The molecule has 5 aliphatic heterocycles. The largest absolute Gasteiger partial charge is 0.397 e. The highest BCUT2D eigenvalue weighted by molar-refractivity contribution is 7.80. The number of carbonyl (C=O) groups excluding carboxylic acids is 5. The van der Waals surface area contributed by atoms with Crippen molar-refractivity contribution in [1.29, 1.82) is 0 Å². The lowest BCUT2D eigenvalue weighted by Crippen LogP contribution is -2.72. The zero-order valence-electron chi connectivity index (χ0n) is 50.3. The van der Waals surface area contributed by atoms with Crippen molar-refractivity contribution >= 4 is 39.9 Å². The maximum atomic E-state index is 13.4. The van der Waals surface area contributed by atoms with Crippen LogP contribution in [0.3, 0.4) is 0 Å². The number of carbonyl (C=O) groups is 5. The van der Waals surface area contributed by atoms with Crippen LogP contribution < -0.4 is 26.6 Å². The lowest BCUT2D eigenvalue weighted by molar-refractivity contribution is -0.367. The van der Waals surface area contributed by atoms with E-state index in [0.29, 0.717) is 6.42 Å². The molecule has 0 aliphatic carbocycles. The van der Waals surface area contributed by atoms with Crippen molar-refractivity contribution in [3.8, 4) is 0 Å². The molecule has 5 rings (SSSR count). The maximum Gasteiger partial charge on any atom is 0.397 e. The van der Waals surface area contributed by atoms with E-state index >= 15 is 0 Å². The summed E-state index contributed by atoms with van der Waals surface area (Å²) >= 11 is 0. The van der Waals surface area contributed by atoms with Gasteiger partial charge in [-0.1, -0.05) is 57.6 Å². The topological polar surface area (TPSA) is 515 Å². The van der Waals surface area contributed by atoms with E-state index in [0.717, 1.165) is 66.2 Å². The molecule has 34 nitrogen and oxygen atoms in total. The molecule has 17 N–H and O–H groups in total. The van der Waals surface area contributed by atoms with Crippen LogP contribution in [0.1, 0.15) is 112 Å². The molecule has 25 atom stereocenters. The lowest BCUT2D eigenvalue weighted by atomic mass is 9.93. The quantitative estimate of drug-likeness (QED) is 0.0165. The summed E-state index contributed by atoms with van der Waals surface area (Å²) in [6.07, 6.45) is -21.9. The Balaban J connectivity index is 1.32. The van der Waals surface area contributed by atoms with Crippen molar-refractivity contribution in [2.75, 3.05) is 33.0 Å². The first-order valence-corrected chi connectivity index (χ1v) is 31.3. The Morgan fingerprint density at radius 3 is 1.15 bits per heavy atom. The zero-order chi connectivity index (χ0) is 65.9. The third-order valence-electron chi connectivity index (χ3n) is 15.7. The molecule has 0 aromatic rings. The normalized spacial score (nSPS) is 37.7. The van der Waals surface area contributed by atoms with E-state index in [2.05, 4.69) is 49.8 Å². The van der Waals surface area contributed by atoms with E-state index in [1.165, 1.54) is 25.7 Å². The van der Waals surface area contributed by atoms with Crippen LogP contribution in [0.4, 0.5) is 0 Å². The predicted octanol–water partition coefficient (Wildman–Crippen LogP) is -6.14. The van der Waals surface area contributed by atoms with Crippen LogP contribution in [0.5, 0.6) is 0 Å². The monoisotopic (exact) mass is 1310 g/mol. The minimum Gasteiger partial charge on any atom is -0.394 e. The van der Waals surface area contributed by atoms with E-state index in [4.69, 9.17) is 42.6 Å². The highest BCUT2D eigenvalue weighted by Crippen LogP contribution is 2.36. The Morgan fingerprint density at radius 1 is 0.427 bits per heavy atom. The molecule has 0 aromatic carbocycles. The molecule has 0 aromatic heterocycles. The molecule has 10 unspecified atom stereocenters. The number of hydrogen-bond donors (Lipinski definition) is 17. The molecule has 5 heterocycles. The Morgan fingerprint density at radius 2 is 0.764 bits per heavy atom. The molecule has 0 spiro atoms. The van der Waals surface area contributed by atoms with E-state index in [-0.39, 0.29) is 6.42 Å². The number of aliphatic hydroxyl groups excluding tert-OH is 11. The first kappa shape index (κ1) is 75.9. The second-order valence-electron chi connectivity index (χ2n) is 22.7. The van der Waals surface area contributed by atoms with Gasteiger partial charge in [0.15, 0.2) is 31.5 Å². The van der Waals surface area contributed by atoms with Gasteiger partial charge in [-0.3, -0.25) is 28.5 Å². The van der Waals surface area contributed by atoms with Gasteiger partial charge in [-0.25, -0.2) is 4.18 Å². The summed E-state index contributed by atoms with van der Waals surface area (Å²) in [6, 6.07) is -8.53. The number of nitrogens with one attached hydrogen (secondary N) is 5. The lowest BCUT2D eigenvalue weighted by Gasteiger charge is -2.51. The van der Waals surface area contributed by atoms with Crippen molar-refractivity contribution in [2.45, 2.75) is 265 Å². The molecular weight excluding hydrogens is 1210 g/mol. The molecule has 5 fully saturated rings. The SMILES string of the molecule is CCCCCC/C=C\CCCCCCCC(=O)NC1[C@H](O[C@@H]2C(CO)O[C@@H](O[C@@H]3C(CO)O[C@@H](O[C@@H]4C(CO)O[C@@H](O[C@@H]5C(COS(=O)(=O)O)O[C@@H](O)C(NC(C)=O)[C@H]5O)C(NC(C)=O)[C@H]4O)C(NC(C)=O)[C@H]3O)C(NC(C)=O)[C@H]2O)OC(CO)[C@@H](O)[C@@H]1O. The fourth-order valence-corrected chi connectivity index (χ4v) is 11.5. The molecular formula is C54H93N5O29S. The molecule has 0 saturated carbocycles. The average molecular weight is 1310 g/mol. The fraction of sp³-hybridized carbons (Fsp3) is 0.870. The minimum absolute atomic E-state index is 0.00691. The van der Waals surface area contributed by atoms with Crippen LogP contribution >= 0.6 is 0 Å². The van der Waals surface area contributed by atoms with Crippen molar-refractivity contribution in [1.82, 2.24) is 26.6 Å². The number of allylic oxidation sites excluding steroid dienone is 2. The van der Waals surface area contributed by atoms with Crippen LogP contribution in [-0.2, 0) is 81.2 Å². The second kappa shape index (κ2) is 36.6. The van der Waals surface area contributed by atoms with Crippen LogP contribution in [0.15, 0.2) is 12.2 Å². The van der Waals surface area contributed by atoms with Crippen molar-refractivity contribution in [3.63, 3.8) is 0 Å². The third kappa shape index (κ3) is 21.9. The summed E-state index contributed by atoms with van der Waals surface area (Å²) in [5, 5.41) is 135. The van der Waals surface area contributed by atoms with Gasteiger partial charge < -0.3 is 125 Å². The van der Waals surface area contributed by atoms with E-state index < -0.39 is 226 Å². The third-order valence-corrected chi connectivity index (χ3v) is 16.1. The van der Waals surface area contributed by atoms with Gasteiger partial charge in [-0.05, 0) is 32.1 Å². The highest BCUT2D eigenvalue weighted by Gasteiger charge is 2.58. The van der Waals surface area contributed by atoms with E-state index in [1.54, 1.807) is 0 Å². The molecule has 0 bridgehead atoms. The van der Waals surface area contributed by atoms with Crippen molar-refractivity contribution in [2.24, 2.45) is 0 Å². The number of amides is 5. The average Bonchev–Trinajstić information content (AvgIpc) is 0.853. The summed E-state index contributed by atoms with van der Waals surface area (Å²) in [5.74, 6) is -3.87. The summed E-state index contributed by atoms with van der Waals surface area (Å²) in [4.78, 5) is 63.7. The molecule has 5 amide bonds. The number of aliphatic hydroxyl groups is 11. The van der Waals surface area contributed by atoms with Gasteiger partial charge in [0.05, 0.1) is 33.0 Å². The standard InChI is InChI=1S/C54H93N5O29S/c1-6-7-8-9-10-11-12-13-14-15-16-17-18-19-34(68)59-36-41(70)40(69)29(20-60)81-51(36)85-46-30(21-61)82-52(37(43(46)72)56-26(3)65)86-47-31(22-62)83-53(38(44(47)73)57-27(4)66)87-48-32(23-63)84-54(39(45(48)74)58-28(5)67)88-49-33(24-79-89(76,77)78)80-50(75)35(42(49)71)55-25(2)64/h11-12,29-33,35-54,60-63,69-75H,6-10,13-24H2,1-5H3,(H,55,64)(H,56,65)(H,57,66)(H,58,67)(H,59,68)(H,76,77,78)/b12-11-/t29?,30?,31?,32?,33?,35?,36?,37?,38?,39?,40-,41-,42-,43-,44-,45-,46-,47-,48-,49-,50-,51+,52+,53+,54+/m1/s1. The van der Waals surface area contributed by atoms with Gasteiger partial charge in [0.2, 0.25) is 29.5 Å². The predicted molar refractivity (Wildman–Crippen MR) is 299 cm³/mol. The van der Waals surface area contributed by atoms with Crippen molar-refractivity contribution in [3.05, 3.63) is 12.2 Å². The summed E-state index contributed by atoms with van der Waals surface area (Å²) in [5.41, 5.74) is 0. The molecule has 514 valence electrons. The van der Waals surface area contributed by atoms with Gasteiger partial charge in [0.25, 0.3) is 0 Å². The van der Waals surface area contributed by atoms with Crippen LogP contribution in [0.2, 0.25) is 0 Å². The Labute approximate surface area is 515 Å². The zero-order valence-corrected chi connectivity index (χ0v) is 51.1. The van der Waals surface area contributed by atoms with Gasteiger partial charge in [-0.2, -0.15) is 8.42 Å². The fourth-order valence-electron chi connectivity index (χ4n) is 11.2. The number of hydrogen-bond acceptors (Lipinski definition) is 28. The summed E-state index contributed by atoms with van der Waals surface area (Å²) in [6.45, 7) is 1.17. The maximum absolute atomic E-state index is 13.4. The van der Waals surface area contributed by atoms with Crippen molar-refractivity contribution < 1.29 is 140 Å². The van der Waals surface area contributed by atoms with Gasteiger partial charge in [0.1, 0.15) is 122 Å². The highest BCUT2D eigenvalue weighted by atomic mass is 32.3. The van der Waals surface area contributed by atoms with Crippen LogP contribution in [-0.4, -0.2) is 285 Å². The minimum atomic E-state index is -5.19. The van der Waals surface area contributed by atoms with Gasteiger partial charge >= 0.3 is 10.4 Å². The Bertz CT molecular complexity index is 2350. The second-order valence-corrected chi connectivity index (χ2v) is 23.7. The molecule has 0 radical (unpaired) electrons. The molecule has 35 heteroatoms. The first-order chi connectivity index (χ1) is 42.2. The first-order valence-electron chi connectivity index (χ1n) is 29.9. The van der Waals surface area contributed by atoms with Gasteiger partial charge in [-0.15, -0.1) is 0 Å². The summed E-state index contributed by atoms with van der Waals surface area (Å²) in [7, 11) is -5.19. The Hall–Kier alpha value is -3.84. The van der Waals surface area contributed by atoms with Crippen LogP contribution in [0, 0.1) is 0 Å². The van der Waals surface area contributed by atoms with E-state index in [1.807, 2.05) is 0 Å². The Kier molecular flexibility index (Phi) is 31.2. The smallest absolute Gasteiger partial charge is 0.394 e. The summed E-state index contributed by atoms with van der Waals surface area (Å²) < 4.78 is 90.5. The van der Waals surface area contributed by atoms with E-state index in [9.17, 15) is 93.1 Å². The number of rotatable bonds is 33. The molecule has 5 saturated heterocycles. The van der Waals surface area contributed by atoms with Gasteiger partial charge in [0, 0.05) is 34.1 Å². The van der Waals surface area contributed by atoms with Crippen LogP contribution in [0.25, 0.3) is 0 Å².